The topological polar surface area (TPSA) is 102 Å². The Morgan fingerprint density at radius 3 is 2.75 bits per heavy atom. The van der Waals surface area contributed by atoms with E-state index < -0.39 is 22.5 Å². The number of nitrogens with zero attached hydrogens (tertiary/aromatic N) is 1. The Kier molecular flexibility index (Phi) is 4.51. The molecule has 1 aliphatic rings. The molecule has 1 aliphatic heterocycles. The van der Waals surface area contributed by atoms with E-state index in [9.17, 15) is 13.2 Å². The van der Waals surface area contributed by atoms with Gasteiger partial charge in [-0.25, -0.2) is 9.52 Å². The SMILES string of the molecule is COC(=O)NS(=O)(=O)N1CCCCCC1N. The molecule has 0 aliphatic carbocycles. The number of nitrogens with two attached hydrogens (primary N) is 1. The van der Waals surface area contributed by atoms with E-state index in [4.69, 9.17) is 5.73 Å². The van der Waals surface area contributed by atoms with Gasteiger partial charge < -0.3 is 10.5 Å². The predicted octanol–water partition coefficient (Wildman–Crippen LogP) is -0.252. The minimum atomic E-state index is -3.88. The number of hydrogen-bond donors (Lipinski definition) is 2. The first-order valence-electron chi connectivity index (χ1n) is 5.10. The summed E-state index contributed by atoms with van der Waals surface area (Å²) in [6.07, 6.45) is 1.60. The van der Waals surface area contributed by atoms with E-state index in [0.717, 1.165) is 30.7 Å². The average Bonchev–Trinajstić information content (AvgIpc) is 2.42. The molecule has 1 rings (SSSR count). The Morgan fingerprint density at radius 2 is 2.12 bits per heavy atom. The van der Waals surface area contributed by atoms with Crippen molar-refractivity contribution in [2.45, 2.75) is 31.8 Å². The molecule has 0 aromatic carbocycles. The third kappa shape index (κ3) is 3.32. The summed E-state index contributed by atoms with van der Waals surface area (Å²) in [7, 11) is -2.78. The van der Waals surface area contributed by atoms with Crippen molar-refractivity contribution in [1.82, 2.24) is 9.03 Å². The van der Waals surface area contributed by atoms with Crippen molar-refractivity contribution < 1.29 is 17.9 Å². The maximum Gasteiger partial charge on any atom is 0.421 e. The number of carbonyl (C=O) groups is 1. The lowest BCUT2D eigenvalue weighted by molar-refractivity contribution is 0.176. The van der Waals surface area contributed by atoms with Crippen LogP contribution in [0.1, 0.15) is 25.7 Å². The van der Waals surface area contributed by atoms with E-state index in [1.54, 1.807) is 4.72 Å². The van der Waals surface area contributed by atoms with Gasteiger partial charge in [0.15, 0.2) is 0 Å². The van der Waals surface area contributed by atoms with Crippen molar-refractivity contribution in [3.63, 3.8) is 0 Å². The van der Waals surface area contributed by atoms with E-state index >= 15 is 0 Å². The molecule has 16 heavy (non-hydrogen) atoms. The zero-order valence-electron chi connectivity index (χ0n) is 9.18. The van der Waals surface area contributed by atoms with Crippen LogP contribution in [0.15, 0.2) is 0 Å². The van der Waals surface area contributed by atoms with Gasteiger partial charge in [0.05, 0.1) is 13.3 Å². The Balaban J connectivity index is 2.76. The molecule has 1 amide bonds. The highest BCUT2D eigenvalue weighted by Gasteiger charge is 2.30. The summed E-state index contributed by atoms with van der Waals surface area (Å²) >= 11 is 0. The van der Waals surface area contributed by atoms with Crippen LogP contribution in [0.5, 0.6) is 0 Å². The maximum atomic E-state index is 11.8. The van der Waals surface area contributed by atoms with Gasteiger partial charge in [0.2, 0.25) is 0 Å². The van der Waals surface area contributed by atoms with E-state index in [-0.39, 0.29) is 0 Å². The fourth-order valence-corrected chi connectivity index (χ4v) is 2.85. The van der Waals surface area contributed by atoms with E-state index in [1.807, 2.05) is 0 Å². The summed E-state index contributed by atoms with van der Waals surface area (Å²) in [5.41, 5.74) is 5.74. The fraction of sp³-hybridized carbons (Fsp3) is 0.875. The molecular weight excluding hydrogens is 234 g/mol. The van der Waals surface area contributed by atoms with Gasteiger partial charge in [0.1, 0.15) is 0 Å². The Labute approximate surface area is 95.1 Å². The van der Waals surface area contributed by atoms with Crippen molar-refractivity contribution in [2.75, 3.05) is 13.7 Å². The van der Waals surface area contributed by atoms with Crippen LogP contribution in [0.4, 0.5) is 4.79 Å². The molecule has 1 fully saturated rings. The second-order valence-electron chi connectivity index (χ2n) is 3.63. The zero-order valence-corrected chi connectivity index (χ0v) is 10.00. The number of rotatable bonds is 2. The molecule has 3 N–H and O–H groups in total. The predicted molar refractivity (Wildman–Crippen MR) is 57.6 cm³/mol. The molecular formula is C8H17N3O4S. The molecule has 1 heterocycles. The van der Waals surface area contributed by atoms with Crippen LogP contribution in [0, 0.1) is 0 Å². The third-order valence-corrected chi connectivity index (χ3v) is 3.95. The molecule has 0 bridgehead atoms. The van der Waals surface area contributed by atoms with Gasteiger partial charge in [-0.3, -0.25) is 0 Å². The number of amides is 1. The van der Waals surface area contributed by atoms with Gasteiger partial charge in [0, 0.05) is 6.54 Å². The first-order chi connectivity index (χ1) is 7.47. The molecule has 0 aromatic rings. The molecule has 1 atom stereocenters. The lowest BCUT2D eigenvalue weighted by Gasteiger charge is -2.25. The first kappa shape index (κ1) is 13.2. The number of nitrogens with one attached hydrogen (secondary N) is 1. The Hall–Kier alpha value is -0.860. The number of ether oxygens (including phenoxy) is 1. The van der Waals surface area contributed by atoms with Crippen LogP contribution in [-0.2, 0) is 14.9 Å². The van der Waals surface area contributed by atoms with Gasteiger partial charge in [-0.1, -0.05) is 12.8 Å². The summed E-state index contributed by atoms with van der Waals surface area (Å²) in [6.45, 7) is 0.327. The molecule has 0 aromatic heterocycles. The highest BCUT2D eigenvalue weighted by Crippen LogP contribution is 2.15. The van der Waals surface area contributed by atoms with Crippen LogP contribution in [0.25, 0.3) is 0 Å². The smallest absolute Gasteiger partial charge is 0.421 e. The van der Waals surface area contributed by atoms with Crippen LogP contribution in [0.3, 0.4) is 0 Å². The lowest BCUT2D eigenvalue weighted by atomic mass is 10.2. The largest absolute Gasteiger partial charge is 0.452 e. The van der Waals surface area contributed by atoms with Gasteiger partial charge in [-0.05, 0) is 12.8 Å². The summed E-state index contributed by atoms with van der Waals surface area (Å²) in [5.74, 6) is 0. The van der Waals surface area contributed by atoms with Crippen molar-refractivity contribution in [2.24, 2.45) is 5.73 Å². The number of methoxy groups -OCH3 is 1. The van der Waals surface area contributed by atoms with Crippen LogP contribution in [-0.4, -0.2) is 38.6 Å². The lowest BCUT2D eigenvalue weighted by Crippen LogP contribution is -2.51. The fourth-order valence-electron chi connectivity index (χ4n) is 1.61. The molecule has 7 nitrogen and oxygen atoms in total. The van der Waals surface area contributed by atoms with E-state index in [2.05, 4.69) is 4.74 Å². The third-order valence-electron chi connectivity index (χ3n) is 2.45. The quantitative estimate of drug-likeness (QED) is 0.704. The minimum Gasteiger partial charge on any atom is -0.452 e. The molecule has 94 valence electrons. The van der Waals surface area contributed by atoms with Crippen LogP contribution >= 0.6 is 0 Å². The van der Waals surface area contributed by atoms with Gasteiger partial charge in [0.25, 0.3) is 0 Å². The Morgan fingerprint density at radius 1 is 1.44 bits per heavy atom. The van der Waals surface area contributed by atoms with Crippen molar-refractivity contribution in [3.8, 4) is 0 Å². The van der Waals surface area contributed by atoms with Gasteiger partial charge in [-0.15, -0.1) is 0 Å². The average molecular weight is 251 g/mol. The van der Waals surface area contributed by atoms with Crippen molar-refractivity contribution >= 4 is 16.3 Å². The molecule has 1 unspecified atom stereocenters. The highest BCUT2D eigenvalue weighted by molar-refractivity contribution is 7.87. The van der Waals surface area contributed by atoms with Gasteiger partial charge >= 0.3 is 16.3 Å². The monoisotopic (exact) mass is 251 g/mol. The molecule has 0 saturated carbocycles. The van der Waals surface area contributed by atoms with E-state index in [1.165, 1.54) is 0 Å². The second kappa shape index (κ2) is 5.46. The van der Waals surface area contributed by atoms with Crippen LogP contribution < -0.4 is 10.5 Å². The molecule has 8 heteroatoms. The summed E-state index contributed by atoms with van der Waals surface area (Å²) in [5, 5.41) is 0. The normalized spacial score (nSPS) is 23.5. The summed E-state index contributed by atoms with van der Waals surface area (Å²) in [6, 6.07) is 0. The molecule has 1 saturated heterocycles. The number of hydrogen-bond acceptors (Lipinski definition) is 5. The maximum absolute atomic E-state index is 11.8. The second-order valence-corrected chi connectivity index (χ2v) is 5.25. The molecule has 0 spiro atoms. The standard InChI is InChI=1S/C8H17N3O4S/c1-15-8(12)10-16(13,14)11-6-4-2-3-5-7(11)9/h7H,2-6,9H2,1H3,(H,10,12). The van der Waals surface area contributed by atoms with Crippen molar-refractivity contribution in [1.29, 1.82) is 0 Å². The highest BCUT2D eigenvalue weighted by atomic mass is 32.2. The summed E-state index contributed by atoms with van der Waals surface area (Å²) < 4.78 is 30.6. The number of carbonyl (C=O) groups excluding carboxylic acids is 1. The zero-order chi connectivity index (χ0) is 12.2. The van der Waals surface area contributed by atoms with Gasteiger partial charge in [-0.2, -0.15) is 12.7 Å². The molecule has 0 radical (unpaired) electrons. The first-order valence-corrected chi connectivity index (χ1v) is 6.54. The van der Waals surface area contributed by atoms with E-state index in [0.29, 0.717) is 13.0 Å². The minimum absolute atomic E-state index is 0.327. The van der Waals surface area contributed by atoms with Crippen LogP contribution in [0.2, 0.25) is 0 Å². The Bertz CT molecular complexity index is 343. The summed E-state index contributed by atoms with van der Waals surface area (Å²) in [4.78, 5) is 10.9. The van der Waals surface area contributed by atoms with Crippen molar-refractivity contribution in [3.05, 3.63) is 0 Å².